The van der Waals surface area contributed by atoms with E-state index >= 15 is 0 Å². The summed E-state index contributed by atoms with van der Waals surface area (Å²) in [6.07, 6.45) is 10.7. The van der Waals surface area contributed by atoms with Gasteiger partial charge in [-0.3, -0.25) is 9.89 Å². The molecule has 1 aliphatic rings. The summed E-state index contributed by atoms with van der Waals surface area (Å²) in [5.74, 6) is 0.996. The van der Waals surface area contributed by atoms with E-state index < -0.39 is 0 Å². The molecule has 2 heterocycles. The van der Waals surface area contributed by atoms with Crippen molar-refractivity contribution >= 4 is 28.0 Å². The van der Waals surface area contributed by atoms with E-state index in [-0.39, 0.29) is 5.91 Å². The molecule has 0 saturated heterocycles. The van der Waals surface area contributed by atoms with Crippen molar-refractivity contribution in [1.29, 1.82) is 0 Å². The summed E-state index contributed by atoms with van der Waals surface area (Å²) in [6, 6.07) is 21.3. The Morgan fingerprint density at radius 3 is 2.63 bits per heavy atom. The number of carbonyl (C=O) groups excluding carboxylic acids is 1. The minimum Gasteiger partial charge on any atom is -0.476 e. The largest absolute Gasteiger partial charge is 0.476 e. The van der Waals surface area contributed by atoms with Gasteiger partial charge >= 0.3 is 0 Å². The molecule has 0 unspecified atom stereocenters. The number of fused-ring (bicyclic) bond motifs is 1. The maximum atomic E-state index is 11.2. The first-order valence-corrected chi connectivity index (χ1v) is 13.1. The first kappa shape index (κ1) is 25.4. The van der Waals surface area contributed by atoms with Crippen LogP contribution in [0.2, 0.25) is 0 Å². The van der Waals surface area contributed by atoms with Crippen LogP contribution in [0.4, 0.5) is 0 Å². The van der Waals surface area contributed by atoms with Gasteiger partial charge in [0.1, 0.15) is 6.61 Å². The zero-order chi connectivity index (χ0) is 26.2. The zero-order valence-electron chi connectivity index (χ0n) is 21.6. The summed E-state index contributed by atoms with van der Waals surface area (Å²) < 4.78 is 5.86. The fourth-order valence-electron chi connectivity index (χ4n) is 4.75. The summed E-state index contributed by atoms with van der Waals surface area (Å²) in [6.45, 7) is 1.73. The average Bonchev–Trinajstić information content (AvgIpc) is 3.40. The Bertz CT molecular complexity index is 1420. The first-order valence-electron chi connectivity index (χ1n) is 13.1. The number of nitrogens with zero attached hydrogens (tertiary/aromatic N) is 2. The van der Waals surface area contributed by atoms with Gasteiger partial charge < -0.3 is 15.4 Å². The molecule has 1 saturated carbocycles. The number of allylic oxidation sites excluding steroid dienone is 1. The predicted molar refractivity (Wildman–Crippen MR) is 152 cm³/mol. The molecule has 0 bridgehead atoms. The minimum atomic E-state index is -0.113. The van der Waals surface area contributed by atoms with E-state index in [1.165, 1.54) is 42.0 Å². The lowest BCUT2D eigenvalue weighted by atomic mass is 9.73. The van der Waals surface area contributed by atoms with Crippen LogP contribution in [0.5, 0.6) is 5.88 Å². The number of likely N-dealkylation sites (N-methyl/N-ethyl adjacent to an activating group) is 1. The first-order chi connectivity index (χ1) is 18.7. The monoisotopic (exact) mass is 507 g/mol. The molecule has 0 atom stereocenters. The maximum Gasteiger partial charge on any atom is 0.243 e. The van der Waals surface area contributed by atoms with Crippen LogP contribution in [-0.2, 0) is 4.79 Å². The second kappa shape index (κ2) is 12.3. The molecule has 5 rings (SSSR count). The number of amides is 1. The Hall–Kier alpha value is -4.23. The molecule has 3 N–H and O–H groups in total. The summed E-state index contributed by atoms with van der Waals surface area (Å²) in [5.41, 5.74) is 7.11. The molecular formula is C31H33N5O2. The maximum absolute atomic E-state index is 11.2. The number of hydrogen-bond donors (Lipinski definition) is 3. The van der Waals surface area contributed by atoms with Gasteiger partial charge in [0, 0.05) is 49.4 Å². The fraction of sp³-hybridized carbons (Fsp3) is 0.258. The summed E-state index contributed by atoms with van der Waals surface area (Å²) in [7, 11) is 1.61. The van der Waals surface area contributed by atoms with E-state index in [1.807, 2.05) is 18.5 Å². The third-order valence-corrected chi connectivity index (χ3v) is 6.93. The van der Waals surface area contributed by atoms with Crippen LogP contribution in [0.1, 0.15) is 36.0 Å². The number of H-pyrrole nitrogens is 1. The predicted octanol–water partition coefficient (Wildman–Crippen LogP) is 4.99. The highest BCUT2D eigenvalue weighted by Crippen LogP contribution is 2.45. The molecule has 2 aromatic heterocycles. The van der Waals surface area contributed by atoms with Crippen LogP contribution in [0.25, 0.3) is 22.0 Å². The van der Waals surface area contributed by atoms with E-state index in [2.05, 4.69) is 80.4 Å². The highest BCUT2D eigenvalue weighted by molar-refractivity contribution is 6.01. The quantitative estimate of drug-likeness (QED) is 0.151. The summed E-state index contributed by atoms with van der Waals surface area (Å²) in [4.78, 5) is 15.9. The van der Waals surface area contributed by atoms with Crippen LogP contribution in [-0.4, -0.2) is 47.8 Å². The molecule has 194 valence electrons. The summed E-state index contributed by atoms with van der Waals surface area (Å²) >= 11 is 0. The van der Waals surface area contributed by atoms with Gasteiger partial charge in [-0.15, -0.1) is 0 Å². The van der Waals surface area contributed by atoms with E-state index in [0.29, 0.717) is 31.5 Å². The van der Waals surface area contributed by atoms with Gasteiger partial charge in [0.15, 0.2) is 0 Å². The van der Waals surface area contributed by atoms with Crippen LogP contribution < -0.4 is 15.4 Å². The van der Waals surface area contributed by atoms with Gasteiger partial charge in [-0.05, 0) is 59.2 Å². The molecule has 0 aliphatic heterocycles. The molecule has 0 radical (unpaired) electrons. The second-order valence-corrected chi connectivity index (χ2v) is 9.41. The number of hydrogen-bond acceptors (Lipinski definition) is 5. The van der Waals surface area contributed by atoms with Crippen molar-refractivity contribution in [1.82, 2.24) is 25.8 Å². The molecule has 7 heteroatoms. The second-order valence-electron chi connectivity index (χ2n) is 9.41. The van der Waals surface area contributed by atoms with Crippen LogP contribution in [0.3, 0.4) is 0 Å². The number of pyridine rings is 1. The molecule has 4 aromatic rings. The smallest absolute Gasteiger partial charge is 0.243 e. The molecule has 0 spiro atoms. The van der Waals surface area contributed by atoms with Crippen molar-refractivity contribution in [3.05, 3.63) is 102 Å². The van der Waals surface area contributed by atoms with Crippen LogP contribution in [0.15, 0.2) is 85.2 Å². The Kier molecular flexibility index (Phi) is 8.26. The lowest BCUT2D eigenvalue weighted by Crippen LogP contribution is -2.22. The van der Waals surface area contributed by atoms with Crippen molar-refractivity contribution in [3.8, 4) is 5.88 Å². The Morgan fingerprint density at radius 2 is 1.89 bits per heavy atom. The Balaban J connectivity index is 1.39. The SMILES string of the molecule is CNC(=O)/C=C/CNCCOc1ccc(/C(=C(\c2ccccc2)C2CCC2)c2ccc3[nH]ncc3c2)cn1. The number of benzene rings is 2. The number of ether oxygens (including phenoxy) is 1. The van der Waals surface area contributed by atoms with Crippen molar-refractivity contribution < 1.29 is 9.53 Å². The topological polar surface area (TPSA) is 91.9 Å². The zero-order valence-corrected chi connectivity index (χ0v) is 21.6. The third-order valence-electron chi connectivity index (χ3n) is 6.93. The molecule has 2 aromatic carbocycles. The summed E-state index contributed by atoms with van der Waals surface area (Å²) in [5, 5.41) is 14.1. The normalized spacial score (nSPS) is 14.3. The van der Waals surface area contributed by atoms with Gasteiger partial charge in [0.2, 0.25) is 11.8 Å². The van der Waals surface area contributed by atoms with Crippen molar-refractivity contribution in [2.75, 3.05) is 26.7 Å². The molecule has 38 heavy (non-hydrogen) atoms. The molecular weight excluding hydrogens is 474 g/mol. The molecule has 1 aliphatic carbocycles. The highest BCUT2D eigenvalue weighted by Gasteiger charge is 2.27. The van der Waals surface area contributed by atoms with Crippen molar-refractivity contribution in [2.24, 2.45) is 5.92 Å². The van der Waals surface area contributed by atoms with Crippen molar-refractivity contribution in [2.45, 2.75) is 19.3 Å². The van der Waals surface area contributed by atoms with Gasteiger partial charge in [-0.1, -0.05) is 48.9 Å². The molecule has 1 fully saturated rings. The van der Waals surface area contributed by atoms with Crippen LogP contribution in [0, 0.1) is 5.92 Å². The van der Waals surface area contributed by atoms with E-state index in [9.17, 15) is 4.79 Å². The molecule has 7 nitrogen and oxygen atoms in total. The van der Waals surface area contributed by atoms with Gasteiger partial charge in [-0.2, -0.15) is 5.10 Å². The minimum absolute atomic E-state index is 0.113. The van der Waals surface area contributed by atoms with Crippen molar-refractivity contribution in [3.63, 3.8) is 0 Å². The number of aromatic amines is 1. The number of nitrogens with one attached hydrogen (secondary N) is 3. The Morgan fingerprint density at radius 1 is 1.05 bits per heavy atom. The fourth-order valence-corrected chi connectivity index (χ4v) is 4.75. The van der Waals surface area contributed by atoms with E-state index in [0.717, 1.165) is 22.0 Å². The van der Waals surface area contributed by atoms with Gasteiger partial charge in [-0.25, -0.2) is 4.98 Å². The highest BCUT2D eigenvalue weighted by atomic mass is 16.5. The third kappa shape index (κ3) is 6.01. The Labute approximate surface area is 223 Å². The lowest BCUT2D eigenvalue weighted by Gasteiger charge is -2.31. The standard InChI is InChI=1S/C31H33N5O2/c1-32-28(37)11-6-16-33-17-18-38-29-15-13-25(20-34-29)31(24-12-14-27-26(19-24)21-35-36-27)30(23-9-5-10-23)22-7-3-2-4-8-22/h2-4,6-8,11-15,19-21,23,33H,5,9-10,16-18H2,1H3,(H,32,37)(H,35,36)/b11-6+,31-30+. The number of aromatic nitrogens is 3. The van der Waals surface area contributed by atoms with E-state index in [4.69, 9.17) is 4.74 Å². The number of carbonyl (C=O) groups is 1. The van der Waals surface area contributed by atoms with Gasteiger partial charge in [0.25, 0.3) is 0 Å². The molecule has 1 amide bonds. The van der Waals surface area contributed by atoms with Crippen LogP contribution >= 0.6 is 0 Å². The average molecular weight is 508 g/mol. The van der Waals surface area contributed by atoms with E-state index in [1.54, 1.807) is 13.1 Å². The van der Waals surface area contributed by atoms with Gasteiger partial charge in [0.05, 0.1) is 11.7 Å². The number of rotatable bonds is 11. The lowest BCUT2D eigenvalue weighted by molar-refractivity contribution is -0.116.